The Balaban J connectivity index is 1.67. The van der Waals surface area contributed by atoms with Crippen molar-refractivity contribution in [1.29, 1.82) is 0 Å². The van der Waals surface area contributed by atoms with E-state index in [0.717, 1.165) is 21.0 Å². The maximum Gasteiger partial charge on any atom is 0.408 e. The molecule has 14 heteroatoms. The van der Waals surface area contributed by atoms with E-state index in [4.69, 9.17) is 9.47 Å². The summed E-state index contributed by atoms with van der Waals surface area (Å²) in [5, 5.41) is 34.9. The second kappa shape index (κ2) is 19.6. The summed E-state index contributed by atoms with van der Waals surface area (Å²) in [5.74, 6) is 0.291. The van der Waals surface area contributed by atoms with Gasteiger partial charge in [-0.15, -0.1) is 11.3 Å². The van der Waals surface area contributed by atoms with Gasteiger partial charge in [0.2, 0.25) is 11.8 Å². The Kier molecular flexibility index (Phi) is 15.5. The highest BCUT2D eigenvalue weighted by Crippen LogP contribution is 2.30. The third-order valence-corrected chi connectivity index (χ3v) is 10.9. The zero-order chi connectivity index (χ0) is 40.4. The van der Waals surface area contributed by atoms with E-state index in [9.17, 15) is 24.6 Å². The lowest BCUT2D eigenvalue weighted by molar-refractivity contribution is -0.130. The lowest BCUT2D eigenvalue weighted by Crippen LogP contribution is -2.65. The van der Waals surface area contributed by atoms with Crippen molar-refractivity contribution in [3.63, 3.8) is 0 Å². The Morgan fingerprint density at radius 3 is 2.31 bits per heavy atom. The van der Waals surface area contributed by atoms with Crippen LogP contribution in [0.5, 0.6) is 11.5 Å². The monoisotopic (exact) mass is 780 g/mol. The predicted octanol–water partition coefficient (Wildman–Crippen LogP) is 5.02. The van der Waals surface area contributed by atoms with Crippen molar-refractivity contribution >= 4 is 29.2 Å². The molecular formula is C41H60N6O7S. The number of aliphatic hydroxyl groups excluding tert-OH is 1. The van der Waals surface area contributed by atoms with Gasteiger partial charge in [0.05, 0.1) is 43.6 Å². The molecule has 1 aromatic heterocycles. The number of ether oxygens (including phenoxy) is 2. The molecule has 5 atom stereocenters. The van der Waals surface area contributed by atoms with Crippen molar-refractivity contribution in [3.05, 3.63) is 75.7 Å². The van der Waals surface area contributed by atoms with Gasteiger partial charge in [-0.2, -0.15) is 0 Å². The summed E-state index contributed by atoms with van der Waals surface area (Å²) >= 11 is 1.47. The van der Waals surface area contributed by atoms with Crippen LogP contribution in [0.15, 0.2) is 53.9 Å². The Morgan fingerprint density at radius 2 is 1.73 bits per heavy atom. The van der Waals surface area contributed by atoms with Crippen LogP contribution in [-0.4, -0.2) is 106 Å². The topological polar surface area (TPSA) is 166 Å². The third kappa shape index (κ3) is 12.1. The number of hydrogen-bond donors (Lipinski definition) is 5. The number of aliphatic hydroxyl groups is 1. The highest BCUT2D eigenvalue weighted by atomic mass is 32.1. The van der Waals surface area contributed by atoms with Crippen LogP contribution in [0.3, 0.4) is 0 Å². The quantitative estimate of drug-likeness (QED) is 0.126. The molecular weight excluding hydrogens is 721 g/mol. The molecule has 0 saturated carbocycles. The maximum absolute atomic E-state index is 14.3. The Bertz CT molecular complexity index is 1710. The molecule has 55 heavy (non-hydrogen) atoms. The number of amides is 3. The number of aromatic nitrogens is 1. The first kappa shape index (κ1) is 43.5. The normalized spacial score (nSPS) is 18.0. The van der Waals surface area contributed by atoms with Crippen LogP contribution in [0.2, 0.25) is 0 Å². The van der Waals surface area contributed by atoms with Crippen molar-refractivity contribution in [2.75, 3.05) is 27.3 Å². The standard InChI is InChI=1S/C41H60N6O7S/c1-25(2)36(47(40(51)52)23-29-24-55-39(43-29)26(3)4)38(50)44-30(19-27-13-11-10-12-14-27)32(48)21-31-35(37(49)45-41(5,6)7)42-17-18-46(31)22-28-15-16-33(53-8)34(20-28)54-9/h10-16,20,24-26,30-32,35-36,42,48H,17-19,21-23H2,1-9H3,(H,44,50)(H,45,49)(H,51,52)/t30-,31?,32+,35-,36-/m0/s1. The fourth-order valence-electron chi connectivity index (χ4n) is 7.04. The van der Waals surface area contributed by atoms with E-state index in [1.54, 1.807) is 14.2 Å². The number of nitrogens with one attached hydrogen (secondary N) is 3. The molecule has 1 saturated heterocycles. The maximum atomic E-state index is 14.3. The minimum absolute atomic E-state index is 0.0514. The summed E-state index contributed by atoms with van der Waals surface area (Å²) in [4.78, 5) is 48.9. The van der Waals surface area contributed by atoms with E-state index in [1.165, 1.54) is 11.3 Å². The van der Waals surface area contributed by atoms with Crippen LogP contribution in [0, 0.1) is 5.92 Å². The Hall–Kier alpha value is -4.24. The molecule has 1 fully saturated rings. The Labute approximate surface area is 329 Å². The number of rotatable bonds is 17. The van der Waals surface area contributed by atoms with Crippen LogP contribution in [0.4, 0.5) is 4.79 Å². The smallest absolute Gasteiger partial charge is 0.408 e. The van der Waals surface area contributed by atoms with Crippen molar-refractivity contribution in [3.8, 4) is 11.5 Å². The van der Waals surface area contributed by atoms with Gasteiger partial charge >= 0.3 is 6.09 Å². The average Bonchev–Trinajstić information content (AvgIpc) is 3.60. The molecule has 0 aliphatic carbocycles. The molecule has 3 aromatic rings. The molecule has 0 bridgehead atoms. The van der Waals surface area contributed by atoms with Crippen molar-refractivity contribution < 1.29 is 34.1 Å². The van der Waals surface area contributed by atoms with Gasteiger partial charge in [-0.05, 0) is 62.8 Å². The second-order valence-electron chi connectivity index (χ2n) is 15.9. The number of thiazole rings is 1. The van der Waals surface area contributed by atoms with E-state index in [0.29, 0.717) is 36.8 Å². The van der Waals surface area contributed by atoms with E-state index >= 15 is 0 Å². The largest absolute Gasteiger partial charge is 0.493 e. The number of piperazine rings is 1. The number of benzene rings is 2. The third-order valence-electron chi connectivity index (χ3n) is 9.68. The van der Waals surface area contributed by atoms with Gasteiger partial charge in [0.15, 0.2) is 11.5 Å². The Morgan fingerprint density at radius 1 is 1.04 bits per heavy atom. The van der Waals surface area contributed by atoms with Crippen molar-refractivity contribution in [2.45, 2.75) is 116 Å². The van der Waals surface area contributed by atoms with Crippen LogP contribution in [-0.2, 0) is 29.1 Å². The average molecular weight is 781 g/mol. The van der Waals surface area contributed by atoms with Gasteiger partial charge in [0, 0.05) is 42.5 Å². The van der Waals surface area contributed by atoms with Crippen LogP contribution in [0.25, 0.3) is 0 Å². The summed E-state index contributed by atoms with van der Waals surface area (Å²) in [6.45, 7) is 15.0. The number of nitrogens with zero attached hydrogens (tertiary/aromatic N) is 3. The molecule has 2 heterocycles. The summed E-state index contributed by atoms with van der Waals surface area (Å²) in [6, 6.07) is 12.2. The summed E-state index contributed by atoms with van der Waals surface area (Å²) in [6.07, 6.45) is -1.94. The van der Waals surface area contributed by atoms with E-state index < -0.39 is 47.8 Å². The van der Waals surface area contributed by atoms with Crippen molar-refractivity contribution in [2.24, 2.45) is 5.92 Å². The van der Waals surface area contributed by atoms with E-state index in [-0.39, 0.29) is 37.1 Å². The number of carbonyl (C=O) groups is 3. The SMILES string of the molecule is COc1ccc(CN2CCN[C@H](C(=O)NC(C)(C)C)C2C[C@@H](O)[C@H](Cc2ccccc2)NC(=O)[C@H](C(C)C)N(Cc2csc(C(C)C)n2)C(=O)O)cc1OC. The van der Waals surface area contributed by atoms with Gasteiger partial charge in [-0.1, -0.05) is 64.1 Å². The number of hydrogen-bond acceptors (Lipinski definition) is 10. The molecule has 13 nitrogen and oxygen atoms in total. The lowest BCUT2D eigenvalue weighted by atomic mass is 9.89. The molecule has 0 radical (unpaired) electrons. The minimum atomic E-state index is -1.24. The fourth-order valence-corrected chi connectivity index (χ4v) is 7.87. The molecule has 1 aliphatic rings. The highest BCUT2D eigenvalue weighted by molar-refractivity contribution is 7.09. The first-order valence-corrected chi connectivity index (χ1v) is 19.9. The molecule has 4 rings (SSSR count). The molecule has 0 spiro atoms. The molecule has 3 amide bonds. The minimum Gasteiger partial charge on any atom is -0.493 e. The number of carboxylic acid groups (broad SMARTS) is 1. The van der Waals surface area contributed by atoms with Crippen LogP contribution < -0.4 is 25.4 Å². The molecule has 302 valence electrons. The van der Waals surface area contributed by atoms with E-state index in [1.807, 2.05) is 102 Å². The highest BCUT2D eigenvalue weighted by Gasteiger charge is 2.41. The second-order valence-corrected chi connectivity index (χ2v) is 16.8. The van der Waals surface area contributed by atoms with Crippen LogP contribution in [0.1, 0.15) is 82.6 Å². The molecule has 5 N–H and O–H groups in total. The van der Waals surface area contributed by atoms with Gasteiger partial charge in [-0.25, -0.2) is 9.78 Å². The summed E-state index contributed by atoms with van der Waals surface area (Å²) < 4.78 is 11.0. The molecule has 1 unspecified atom stereocenters. The van der Waals surface area contributed by atoms with Crippen molar-refractivity contribution in [1.82, 2.24) is 30.7 Å². The number of carbonyl (C=O) groups excluding carboxylic acids is 2. The first-order chi connectivity index (χ1) is 26.0. The summed E-state index contributed by atoms with van der Waals surface area (Å²) in [7, 11) is 3.17. The van der Waals surface area contributed by atoms with Crippen LogP contribution >= 0.6 is 11.3 Å². The fraction of sp³-hybridized carbons (Fsp3) is 0.561. The van der Waals surface area contributed by atoms with Gasteiger partial charge in [-0.3, -0.25) is 19.4 Å². The zero-order valence-electron chi connectivity index (χ0n) is 33.7. The van der Waals surface area contributed by atoms with E-state index in [2.05, 4.69) is 25.8 Å². The summed E-state index contributed by atoms with van der Waals surface area (Å²) in [5.41, 5.74) is 1.91. The molecule has 2 aromatic carbocycles. The molecule has 1 aliphatic heterocycles. The first-order valence-electron chi connectivity index (χ1n) is 19.0. The van der Waals surface area contributed by atoms with Gasteiger partial charge in [0.1, 0.15) is 12.1 Å². The van der Waals surface area contributed by atoms with Gasteiger partial charge < -0.3 is 35.6 Å². The number of methoxy groups -OCH3 is 2. The zero-order valence-corrected chi connectivity index (χ0v) is 34.5. The van der Waals surface area contributed by atoms with Gasteiger partial charge in [0.25, 0.3) is 0 Å². The lowest BCUT2D eigenvalue weighted by Gasteiger charge is -2.44. The predicted molar refractivity (Wildman–Crippen MR) is 215 cm³/mol.